The summed E-state index contributed by atoms with van der Waals surface area (Å²) < 4.78 is 5.42. The van der Waals surface area contributed by atoms with E-state index < -0.39 is 0 Å². The molecule has 6 heteroatoms. The Balaban J connectivity index is 0.00000180. The zero-order valence-electron chi connectivity index (χ0n) is 10.7. The molecule has 0 saturated carbocycles. The molecule has 1 unspecified atom stereocenters. The fourth-order valence-electron chi connectivity index (χ4n) is 1.90. The van der Waals surface area contributed by atoms with E-state index in [1.807, 2.05) is 13.0 Å². The highest BCUT2D eigenvalue weighted by atomic mass is 35.5. The van der Waals surface area contributed by atoms with Crippen molar-refractivity contribution in [1.29, 1.82) is 0 Å². The molecule has 1 saturated heterocycles. The number of halogens is 2. The van der Waals surface area contributed by atoms with Crippen LogP contribution in [0, 0.1) is 6.92 Å². The van der Waals surface area contributed by atoms with E-state index >= 15 is 0 Å². The number of rotatable bonds is 4. The van der Waals surface area contributed by atoms with E-state index in [1.54, 1.807) is 12.1 Å². The van der Waals surface area contributed by atoms with Gasteiger partial charge in [-0.1, -0.05) is 11.6 Å². The van der Waals surface area contributed by atoms with Crippen LogP contribution in [0.15, 0.2) is 18.2 Å². The van der Waals surface area contributed by atoms with Crippen LogP contribution in [0.5, 0.6) is 5.75 Å². The molecule has 2 N–H and O–H groups in total. The number of nitrogens with one attached hydrogen (secondary N) is 2. The van der Waals surface area contributed by atoms with Gasteiger partial charge in [-0.2, -0.15) is 0 Å². The van der Waals surface area contributed by atoms with Crippen LogP contribution in [0.25, 0.3) is 0 Å². The molecule has 1 fully saturated rings. The second-order valence-electron chi connectivity index (χ2n) is 4.46. The van der Waals surface area contributed by atoms with Crippen LogP contribution in [0.2, 0.25) is 5.02 Å². The number of amides is 1. The third-order valence-electron chi connectivity index (χ3n) is 2.92. The SMILES string of the molecule is Cc1cc(OCC(=O)NC2CCNC2)ccc1Cl.Cl. The molecule has 1 heterocycles. The molecular formula is C13H18Cl2N2O2. The number of hydrogen-bond donors (Lipinski definition) is 2. The fraction of sp³-hybridized carbons (Fsp3) is 0.462. The van der Waals surface area contributed by atoms with E-state index in [1.165, 1.54) is 0 Å². The highest BCUT2D eigenvalue weighted by Gasteiger charge is 2.16. The summed E-state index contributed by atoms with van der Waals surface area (Å²) in [6, 6.07) is 5.59. The highest BCUT2D eigenvalue weighted by Crippen LogP contribution is 2.20. The number of benzene rings is 1. The molecule has 4 nitrogen and oxygen atoms in total. The second-order valence-corrected chi connectivity index (χ2v) is 4.86. The summed E-state index contributed by atoms with van der Waals surface area (Å²) >= 11 is 5.91. The Morgan fingerprint density at radius 3 is 3.00 bits per heavy atom. The molecule has 1 aliphatic rings. The summed E-state index contributed by atoms with van der Waals surface area (Å²) in [6.45, 7) is 3.74. The van der Waals surface area contributed by atoms with Crippen molar-refractivity contribution < 1.29 is 9.53 Å². The zero-order valence-corrected chi connectivity index (χ0v) is 12.3. The summed E-state index contributed by atoms with van der Waals surface area (Å²) in [7, 11) is 0. The van der Waals surface area contributed by atoms with Crippen LogP contribution >= 0.6 is 24.0 Å². The molecule has 1 aromatic rings. The lowest BCUT2D eigenvalue weighted by atomic mass is 10.2. The quantitative estimate of drug-likeness (QED) is 0.893. The molecule has 2 rings (SSSR count). The van der Waals surface area contributed by atoms with Crippen molar-refractivity contribution in [3.63, 3.8) is 0 Å². The summed E-state index contributed by atoms with van der Waals surface area (Å²) in [5.74, 6) is 0.577. The Bertz CT molecular complexity index is 435. The van der Waals surface area contributed by atoms with Crippen molar-refractivity contribution in [1.82, 2.24) is 10.6 Å². The van der Waals surface area contributed by atoms with Crippen LogP contribution in [0.4, 0.5) is 0 Å². The van der Waals surface area contributed by atoms with Gasteiger partial charge in [0.05, 0.1) is 0 Å². The van der Waals surface area contributed by atoms with E-state index in [4.69, 9.17) is 16.3 Å². The first-order valence-corrected chi connectivity index (χ1v) is 6.42. The first kappa shape index (κ1) is 16.1. The average molecular weight is 305 g/mol. The van der Waals surface area contributed by atoms with Gasteiger partial charge >= 0.3 is 0 Å². The Morgan fingerprint density at radius 1 is 1.58 bits per heavy atom. The lowest BCUT2D eigenvalue weighted by Crippen LogP contribution is -2.39. The van der Waals surface area contributed by atoms with E-state index in [0.717, 1.165) is 25.1 Å². The van der Waals surface area contributed by atoms with Crippen LogP contribution < -0.4 is 15.4 Å². The maximum Gasteiger partial charge on any atom is 0.258 e. The number of aryl methyl sites for hydroxylation is 1. The molecule has 0 aromatic heterocycles. The smallest absolute Gasteiger partial charge is 0.258 e. The van der Waals surface area contributed by atoms with Gasteiger partial charge in [-0.05, 0) is 43.7 Å². The molecular weight excluding hydrogens is 287 g/mol. The molecule has 0 bridgehead atoms. The normalized spacial score (nSPS) is 17.7. The van der Waals surface area contributed by atoms with Crippen molar-refractivity contribution in [2.45, 2.75) is 19.4 Å². The summed E-state index contributed by atoms with van der Waals surface area (Å²) in [5.41, 5.74) is 0.939. The van der Waals surface area contributed by atoms with E-state index in [9.17, 15) is 4.79 Å². The second kappa shape index (κ2) is 7.58. The first-order valence-electron chi connectivity index (χ1n) is 6.04. The molecule has 1 amide bonds. The van der Waals surface area contributed by atoms with Crippen LogP contribution in [0.3, 0.4) is 0 Å². The molecule has 0 spiro atoms. The van der Waals surface area contributed by atoms with Crippen molar-refractivity contribution in [2.24, 2.45) is 0 Å². The van der Waals surface area contributed by atoms with Gasteiger partial charge in [-0.3, -0.25) is 4.79 Å². The van der Waals surface area contributed by atoms with Gasteiger partial charge in [0, 0.05) is 17.6 Å². The molecule has 1 atom stereocenters. The summed E-state index contributed by atoms with van der Waals surface area (Å²) in [4.78, 5) is 11.6. The minimum Gasteiger partial charge on any atom is -0.484 e. The Morgan fingerprint density at radius 2 is 2.37 bits per heavy atom. The van der Waals surface area contributed by atoms with Crippen molar-refractivity contribution in [3.8, 4) is 5.75 Å². The Kier molecular flexibility index (Phi) is 6.42. The lowest BCUT2D eigenvalue weighted by molar-refractivity contribution is -0.123. The summed E-state index contributed by atoms with van der Waals surface area (Å²) in [5, 5.41) is 6.82. The Hall–Kier alpha value is -0.970. The molecule has 0 aliphatic carbocycles. The van der Waals surface area contributed by atoms with Crippen LogP contribution in [-0.4, -0.2) is 31.6 Å². The van der Waals surface area contributed by atoms with Gasteiger partial charge in [0.15, 0.2) is 6.61 Å². The molecule has 1 aliphatic heterocycles. The van der Waals surface area contributed by atoms with Gasteiger partial charge in [0.1, 0.15) is 5.75 Å². The highest BCUT2D eigenvalue weighted by molar-refractivity contribution is 6.31. The van der Waals surface area contributed by atoms with E-state index in [-0.39, 0.29) is 31.0 Å². The predicted octanol–water partition coefficient (Wildman–Crippen LogP) is 1.93. The third kappa shape index (κ3) is 4.90. The minimum absolute atomic E-state index is 0. The molecule has 19 heavy (non-hydrogen) atoms. The van der Waals surface area contributed by atoms with Crippen LogP contribution in [0.1, 0.15) is 12.0 Å². The topological polar surface area (TPSA) is 50.4 Å². The van der Waals surface area contributed by atoms with Gasteiger partial charge < -0.3 is 15.4 Å². The molecule has 106 valence electrons. The van der Waals surface area contributed by atoms with E-state index in [0.29, 0.717) is 10.8 Å². The zero-order chi connectivity index (χ0) is 13.0. The van der Waals surface area contributed by atoms with Crippen molar-refractivity contribution >= 4 is 29.9 Å². The molecule has 0 radical (unpaired) electrons. The largest absolute Gasteiger partial charge is 0.484 e. The van der Waals surface area contributed by atoms with Crippen molar-refractivity contribution in [2.75, 3.05) is 19.7 Å². The maximum absolute atomic E-state index is 11.6. The predicted molar refractivity (Wildman–Crippen MR) is 78.3 cm³/mol. The standard InChI is InChI=1S/C13H17ClN2O2.ClH/c1-9-6-11(2-3-12(9)14)18-8-13(17)16-10-4-5-15-7-10;/h2-3,6,10,15H,4-5,7-8H2,1H3,(H,16,17);1H. The first-order chi connectivity index (χ1) is 8.65. The van der Waals surface area contributed by atoms with E-state index in [2.05, 4.69) is 10.6 Å². The third-order valence-corrected chi connectivity index (χ3v) is 3.35. The maximum atomic E-state index is 11.6. The number of carbonyl (C=O) groups is 1. The number of ether oxygens (including phenoxy) is 1. The monoisotopic (exact) mass is 304 g/mol. The fourth-order valence-corrected chi connectivity index (χ4v) is 2.02. The lowest BCUT2D eigenvalue weighted by Gasteiger charge is -2.12. The Labute approximate surface area is 124 Å². The van der Waals surface area contributed by atoms with Gasteiger partial charge in [0.2, 0.25) is 0 Å². The van der Waals surface area contributed by atoms with Gasteiger partial charge in [-0.25, -0.2) is 0 Å². The minimum atomic E-state index is -0.0868. The van der Waals surface area contributed by atoms with Gasteiger partial charge in [-0.15, -0.1) is 12.4 Å². The van der Waals surface area contributed by atoms with Gasteiger partial charge in [0.25, 0.3) is 5.91 Å². The van der Waals surface area contributed by atoms with Crippen molar-refractivity contribution in [3.05, 3.63) is 28.8 Å². The van der Waals surface area contributed by atoms with Crippen LogP contribution in [-0.2, 0) is 4.79 Å². The average Bonchev–Trinajstić information content (AvgIpc) is 2.83. The number of hydrogen-bond acceptors (Lipinski definition) is 3. The summed E-state index contributed by atoms with van der Waals surface area (Å²) in [6.07, 6.45) is 0.978. The molecule has 1 aromatic carbocycles. The number of carbonyl (C=O) groups excluding carboxylic acids is 1.